The van der Waals surface area contributed by atoms with Crippen LogP contribution in [0.25, 0.3) is 5.57 Å². The summed E-state index contributed by atoms with van der Waals surface area (Å²) in [6.07, 6.45) is -3.96. The van der Waals surface area contributed by atoms with E-state index in [2.05, 4.69) is 0 Å². The normalized spacial score (nSPS) is 14.4. The molecule has 0 saturated carbocycles. The third-order valence-electron chi connectivity index (χ3n) is 4.60. The summed E-state index contributed by atoms with van der Waals surface area (Å²) in [5.41, 5.74) is -0.716. The number of hydrogen-bond donors (Lipinski definition) is 1. The molecule has 2 aromatic rings. The summed E-state index contributed by atoms with van der Waals surface area (Å²) in [4.78, 5) is 22.0. The minimum absolute atomic E-state index is 0.0107. The lowest BCUT2D eigenvalue weighted by atomic mass is 9.96. The Balaban J connectivity index is 2.06. The highest BCUT2D eigenvalue weighted by molar-refractivity contribution is 6.23. The Labute approximate surface area is 163 Å². The molecular formula is C20H16F3NO5. The number of aliphatic hydroxyl groups excluding tert-OH is 1. The highest BCUT2D eigenvalue weighted by atomic mass is 19.4. The van der Waals surface area contributed by atoms with Crippen LogP contribution in [0.2, 0.25) is 0 Å². The SMILES string of the molecule is CCc1ccc(Oc2ccc([N+](=O)[O-])cc2C(F)(F)F)cc1C1=C(O)CCC1=O. The molecule has 1 N–H and O–H groups in total. The number of benzene rings is 2. The third-order valence-corrected chi connectivity index (χ3v) is 4.60. The second kappa shape index (κ2) is 7.57. The zero-order valence-electron chi connectivity index (χ0n) is 15.2. The van der Waals surface area contributed by atoms with Crippen molar-refractivity contribution in [3.05, 3.63) is 69.0 Å². The highest BCUT2D eigenvalue weighted by Gasteiger charge is 2.36. The number of carbonyl (C=O) groups excluding carboxylic acids is 1. The van der Waals surface area contributed by atoms with Crippen molar-refractivity contribution in [3.63, 3.8) is 0 Å². The molecule has 0 spiro atoms. The van der Waals surface area contributed by atoms with Crippen molar-refractivity contribution in [2.24, 2.45) is 0 Å². The molecule has 3 rings (SSSR count). The molecule has 0 aliphatic heterocycles. The summed E-state index contributed by atoms with van der Waals surface area (Å²) in [5, 5.41) is 20.9. The number of allylic oxidation sites excluding steroid dienone is 2. The second-order valence-electron chi connectivity index (χ2n) is 6.45. The van der Waals surface area contributed by atoms with Gasteiger partial charge in [-0.05, 0) is 35.7 Å². The van der Waals surface area contributed by atoms with Gasteiger partial charge in [-0.1, -0.05) is 13.0 Å². The zero-order chi connectivity index (χ0) is 21.3. The van der Waals surface area contributed by atoms with Gasteiger partial charge in [-0.2, -0.15) is 13.2 Å². The number of Topliss-reactive ketones (excluding diaryl/α,β-unsaturated/α-hetero) is 1. The topological polar surface area (TPSA) is 89.7 Å². The maximum Gasteiger partial charge on any atom is 0.420 e. The van der Waals surface area contributed by atoms with E-state index in [4.69, 9.17) is 4.74 Å². The van der Waals surface area contributed by atoms with Crippen molar-refractivity contribution in [1.82, 2.24) is 0 Å². The number of rotatable bonds is 5. The Morgan fingerprint density at radius 2 is 1.90 bits per heavy atom. The molecule has 0 unspecified atom stereocenters. The Morgan fingerprint density at radius 3 is 2.45 bits per heavy atom. The lowest BCUT2D eigenvalue weighted by molar-refractivity contribution is -0.385. The third kappa shape index (κ3) is 4.08. The molecule has 0 heterocycles. The van der Waals surface area contributed by atoms with Crippen LogP contribution in [0.5, 0.6) is 11.5 Å². The molecule has 9 heteroatoms. The molecule has 0 radical (unpaired) electrons. The molecule has 0 bridgehead atoms. The number of ketones is 1. The van der Waals surface area contributed by atoms with Gasteiger partial charge >= 0.3 is 6.18 Å². The van der Waals surface area contributed by atoms with Crippen LogP contribution in [0.15, 0.2) is 42.2 Å². The van der Waals surface area contributed by atoms with Gasteiger partial charge in [0, 0.05) is 25.0 Å². The van der Waals surface area contributed by atoms with E-state index in [1.54, 1.807) is 6.07 Å². The van der Waals surface area contributed by atoms with Crippen LogP contribution in [0.3, 0.4) is 0 Å². The van der Waals surface area contributed by atoms with Gasteiger partial charge in [0.1, 0.15) is 22.8 Å². The van der Waals surface area contributed by atoms with Crippen LogP contribution < -0.4 is 4.74 Å². The molecule has 0 amide bonds. The Morgan fingerprint density at radius 1 is 1.17 bits per heavy atom. The van der Waals surface area contributed by atoms with Crippen LogP contribution in [-0.4, -0.2) is 15.8 Å². The van der Waals surface area contributed by atoms with E-state index in [1.807, 2.05) is 6.92 Å². The number of nitro groups is 1. The molecule has 1 aliphatic rings. The van der Waals surface area contributed by atoms with Gasteiger partial charge in [0.15, 0.2) is 5.78 Å². The zero-order valence-corrected chi connectivity index (χ0v) is 15.2. The first-order valence-electron chi connectivity index (χ1n) is 8.74. The number of nitro benzene ring substituents is 1. The van der Waals surface area contributed by atoms with Crippen LogP contribution in [-0.2, 0) is 17.4 Å². The Kier molecular flexibility index (Phi) is 5.32. The maximum absolute atomic E-state index is 13.4. The van der Waals surface area contributed by atoms with Crippen LogP contribution >= 0.6 is 0 Å². The maximum atomic E-state index is 13.4. The largest absolute Gasteiger partial charge is 0.512 e. The monoisotopic (exact) mass is 407 g/mol. The first-order chi connectivity index (χ1) is 13.6. The van der Waals surface area contributed by atoms with E-state index in [0.29, 0.717) is 18.1 Å². The Hall–Kier alpha value is -3.36. The summed E-state index contributed by atoms with van der Waals surface area (Å²) in [7, 11) is 0. The molecule has 0 saturated heterocycles. The number of aliphatic hydroxyl groups is 1. The van der Waals surface area contributed by atoms with Gasteiger partial charge in [0.2, 0.25) is 0 Å². The van der Waals surface area contributed by atoms with E-state index in [0.717, 1.165) is 17.7 Å². The van der Waals surface area contributed by atoms with Crippen molar-refractivity contribution in [3.8, 4) is 11.5 Å². The minimum atomic E-state index is -4.87. The molecular weight excluding hydrogens is 391 g/mol. The lowest BCUT2D eigenvalue weighted by Crippen LogP contribution is -2.08. The van der Waals surface area contributed by atoms with E-state index >= 15 is 0 Å². The molecule has 2 aromatic carbocycles. The molecule has 1 aliphatic carbocycles. The van der Waals surface area contributed by atoms with Gasteiger partial charge in [-0.15, -0.1) is 0 Å². The van der Waals surface area contributed by atoms with Crippen molar-refractivity contribution in [2.75, 3.05) is 0 Å². The second-order valence-corrected chi connectivity index (χ2v) is 6.45. The number of halogens is 3. The van der Waals surface area contributed by atoms with Gasteiger partial charge in [-0.25, -0.2) is 0 Å². The fourth-order valence-electron chi connectivity index (χ4n) is 3.18. The Bertz CT molecular complexity index is 1030. The molecule has 0 aromatic heterocycles. The number of hydrogen-bond acceptors (Lipinski definition) is 5. The molecule has 0 atom stereocenters. The summed E-state index contributed by atoms with van der Waals surface area (Å²) >= 11 is 0. The van der Waals surface area contributed by atoms with E-state index in [9.17, 15) is 33.2 Å². The quantitative estimate of drug-likeness (QED) is 0.515. The van der Waals surface area contributed by atoms with Gasteiger partial charge < -0.3 is 9.84 Å². The summed E-state index contributed by atoms with van der Waals surface area (Å²) in [5.74, 6) is -0.903. The number of aryl methyl sites for hydroxylation is 1. The number of nitrogens with zero attached hydrogens (tertiary/aromatic N) is 1. The predicted molar refractivity (Wildman–Crippen MR) is 97.8 cm³/mol. The molecule has 0 fully saturated rings. The molecule has 152 valence electrons. The number of non-ortho nitro benzene ring substituents is 1. The standard InChI is InChI=1S/C20H16F3NO5/c1-2-11-3-5-13(10-14(11)19-16(25)6-7-17(19)26)29-18-8-4-12(24(27)28)9-15(18)20(21,22)23/h3-5,8-10,25H,2,6-7H2,1H3. The summed E-state index contributed by atoms with van der Waals surface area (Å²) in [6.45, 7) is 1.84. The minimum Gasteiger partial charge on any atom is -0.512 e. The average molecular weight is 407 g/mol. The van der Waals surface area contributed by atoms with E-state index < -0.39 is 28.1 Å². The van der Waals surface area contributed by atoms with E-state index in [1.165, 1.54) is 12.1 Å². The van der Waals surface area contributed by atoms with Crippen molar-refractivity contribution in [2.45, 2.75) is 32.4 Å². The fourth-order valence-corrected chi connectivity index (χ4v) is 3.18. The van der Waals surface area contributed by atoms with E-state index in [-0.39, 0.29) is 35.7 Å². The lowest BCUT2D eigenvalue weighted by Gasteiger charge is -2.15. The predicted octanol–water partition coefficient (Wildman–Crippen LogP) is 5.60. The first-order valence-corrected chi connectivity index (χ1v) is 8.74. The van der Waals surface area contributed by atoms with Crippen LogP contribution in [0.1, 0.15) is 36.5 Å². The van der Waals surface area contributed by atoms with Crippen molar-refractivity contribution >= 4 is 17.0 Å². The van der Waals surface area contributed by atoms with Crippen LogP contribution in [0.4, 0.5) is 18.9 Å². The number of alkyl halides is 3. The van der Waals surface area contributed by atoms with Crippen LogP contribution in [0, 0.1) is 10.1 Å². The van der Waals surface area contributed by atoms with Gasteiger partial charge in [-0.3, -0.25) is 14.9 Å². The van der Waals surface area contributed by atoms with Crippen molar-refractivity contribution < 1.29 is 32.7 Å². The summed E-state index contributed by atoms with van der Waals surface area (Å²) < 4.78 is 45.4. The van der Waals surface area contributed by atoms with Gasteiger partial charge in [0.25, 0.3) is 5.69 Å². The average Bonchev–Trinajstić information content (AvgIpc) is 2.99. The fraction of sp³-hybridized carbons (Fsp3) is 0.250. The summed E-state index contributed by atoms with van der Waals surface area (Å²) in [6, 6.07) is 6.66. The molecule has 29 heavy (non-hydrogen) atoms. The number of carbonyl (C=O) groups is 1. The smallest absolute Gasteiger partial charge is 0.420 e. The van der Waals surface area contributed by atoms with Crippen molar-refractivity contribution in [1.29, 1.82) is 0 Å². The first kappa shape index (κ1) is 20.4. The number of ether oxygens (including phenoxy) is 1. The highest BCUT2D eigenvalue weighted by Crippen LogP contribution is 2.41. The molecule has 6 nitrogen and oxygen atoms in total. The van der Waals surface area contributed by atoms with Gasteiger partial charge in [0.05, 0.1) is 10.5 Å².